The van der Waals surface area contributed by atoms with E-state index in [1.54, 1.807) is 18.2 Å². The van der Waals surface area contributed by atoms with Crippen LogP contribution in [-0.2, 0) is 0 Å². The zero-order valence-corrected chi connectivity index (χ0v) is 23.5. The third kappa shape index (κ3) is 4.52. The highest BCUT2D eigenvalue weighted by molar-refractivity contribution is 6.35. The maximum absolute atomic E-state index is 16.7. The van der Waals surface area contributed by atoms with Gasteiger partial charge in [0.2, 0.25) is 5.95 Å². The predicted octanol–water partition coefficient (Wildman–Crippen LogP) is 5.78. The van der Waals surface area contributed by atoms with E-state index >= 15 is 4.39 Å². The molecule has 4 aromatic rings. The van der Waals surface area contributed by atoms with Gasteiger partial charge in [-0.1, -0.05) is 42.3 Å². The summed E-state index contributed by atoms with van der Waals surface area (Å²) in [7, 11) is 4.13. The third-order valence-electron chi connectivity index (χ3n) is 8.92. The molecule has 2 unspecified atom stereocenters. The lowest BCUT2D eigenvalue weighted by Gasteiger charge is -2.43. The Morgan fingerprint density at radius 2 is 1.80 bits per heavy atom. The van der Waals surface area contributed by atoms with Crippen molar-refractivity contribution in [1.82, 2.24) is 20.2 Å². The van der Waals surface area contributed by atoms with Crippen molar-refractivity contribution in [2.75, 3.05) is 37.4 Å². The monoisotopic (exact) mass is 560 g/mol. The Morgan fingerprint density at radius 3 is 2.55 bits per heavy atom. The summed E-state index contributed by atoms with van der Waals surface area (Å²) >= 11 is 6.85. The van der Waals surface area contributed by atoms with Gasteiger partial charge < -0.3 is 25.5 Å². The van der Waals surface area contributed by atoms with E-state index in [9.17, 15) is 5.11 Å². The Hall–Kier alpha value is -3.20. The number of phenolic OH excluding ortho intramolecular Hbond substituents is 1. The summed E-state index contributed by atoms with van der Waals surface area (Å²) in [6.45, 7) is 1.57. The summed E-state index contributed by atoms with van der Waals surface area (Å²) in [5, 5.41) is 20.4. The lowest BCUT2D eigenvalue weighted by molar-refractivity contribution is 0.230. The van der Waals surface area contributed by atoms with Crippen molar-refractivity contribution in [1.29, 1.82) is 0 Å². The Kier molecular flexibility index (Phi) is 6.45. The van der Waals surface area contributed by atoms with Crippen LogP contribution < -0.4 is 15.5 Å². The zero-order valence-electron chi connectivity index (χ0n) is 22.8. The summed E-state index contributed by atoms with van der Waals surface area (Å²) in [6.07, 6.45) is 5.66. The third-order valence-corrected chi connectivity index (χ3v) is 9.22. The molecule has 9 heteroatoms. The molecule has 0 amide bonds. The van der Waals surface area contributed by atoms with E-state index in [-0.39, 0.29) is 27.9 Å². The normalized spacial score (nSPS) is 23.1. The number of aromatic hydroxyl groups is 1. The lowest BCUT2D eigenvalue weighted by atomic mass is 9.84. The highest BCUT2D eigenvalue weighted by atomic mass is 35.5. The molecule has 0 saturated carbocycles. The summed E-state index contributed by atoms with van der Waals surface area (Å²) < 4.78 is 16.7. The Morgan fingerprint density at radius 1 is 1.05 bits per heavy atom. The Labute approximate surface area is 238 Å². The number of anilines is 2. The minimum Gasteiger partial charge on any atom is -0.508 e. The second-order valence-electron chi connectivity index (χ2n) is 11.9. The molecule has 3 atom stereocenters. The molecule has 0 radical (unpaired) electrons. The molecule has 1 aromatic heterocycles. The van der Waals surface area contributed by atoms with Crippen LogP contribution in [0.2, 0.25) is 5.02 Å². The quantitative estimate of drug-likeness (QED) is 0.285. The van der Waals surface area contributed by atoms with Crippen LogP contribution >= 0.6 is 11.6 Å². The van der Waals surface area contributed by atoms with E-state index in [0.717, 1.165) is 36.7 Å². The number of nitrogens with zero attached hydrogens (tertiary/aromatic N) is 4. The van der Waals surface area contributed by atoms with Gasteiger partial charge in [0.05, 0.1) is 5.02 Å². The van der Waals surface area contributed by atoms with Gasteiger partial charge in [0.15, 0.2) is 5.82 Å². The highest BCUT2D eigenvalue weighted by Gasteiger charge is 2.34. The number of hydrogen-bond donors (Lipinski definition) is 3. The molecule has 3 aliphatic rings. The zero-order chi connectivity index (χ0) is 27.5. The number of nitrogens with one attached hydrogen (secondary N) is 2. The van der Waals surface area contributed by atoms with Gasteiger partial charge in [0, 0.05) is 48.2 Å². The Bertz CT molecular complexity index is 1590. The summed E-state index contributed by atoms with van der Waals surface area (Å²) in [5.41, 5.74) is 1.02. The van der Waals surface area contributed by atoms with Crippen LogP contribution in [0.4, 0.5) is 16.2 Å². The first-order valence-electron chi connectivity index (χ1n) is 14.2. The molecule has 3 N–H and O–H groups in total. The molecule has 208 valence electrons. The fourth-order valence-corrected chi connectivity index (χ4v) is 7.00. The second-order valence-corrected chi connectivity index (χ2v) is 12.3. The van der Waals surface area contributed by atoms with Crippen molar-refractivity contribution in [2.45, 2.75) is 56.3 Å². The standard InChI is InChI=1S/C31H34ClFN6O/c1-38(2)21-15-39(16-21)31-36-29-25(30(37-31)35-20-11-18-7-5-8-19(12-20)34-18)14-26(32)27(28(29)33)24-13-22(40)10-17-6-3-4-9-23(17)24/h3-4,6,9-10,13-14,18-21,34,40H,5,7-8,11-12,15-16H2,1-2H3,(H,35,36,37)/t18-,19?,20?/m0/s1. The van der Waals surface area contributed by atoms with Gasteiger partial charge in [0.25, 0.3) is 0 Å². The van der Waals surface area contributed by atoms with E-state index in [4.69, 9.17) is 21.6 Å². The minimum absolute atomic E-state index is 0.0572. The largest absolute Gasteiger partial charge is 0.508 e. The molecule has 40 heavy (non-hydrogen) atoms. The van der Waals surface area contributed by atoms with Crippen LogP contribution in [0.5, 0.6) is 5.75 Å². The average Bonchev–Trinajstić information content (AvgIpc) is 2.88. The number of rotatable bonds is 5. The molecule has 3 saturated heterocycles. The van der Waals surface area contributed by atoms with Crippen LogP contribution in [-0.4, -0.2) is 71.3 Å². The molecular formula is C31H34ClFN6O. The molecule has 0 spiro atoms. The lowest BCUT2D eigenvalue weighted by Crippen LogP contribution is -2.58. The topological polar surface area (TPSA) is 76.5 Å². The van der Waals surface area contributed by atoms with Gasteiger partial charge in [-0.05, 0) is 74.3 Å². The van der Waals surface area contributed by atoms with Gasteiger partial charge in [-0.15, -0.1) is 0 Å². The molecular weight excluding hydrogens is 527 g/mol. The number of piperidine rings is 2. The predicted molar refractivity (Wildman–Crippen MR) is 160 cm³/mol. The fraction of sp³-hybridized carbons (Fsp3) is 0.419. The first-order valence-corrected chi connectivity index (χ1v) is 14.6. The van der Waals surface area contributed by atoms with Crippen molar-refractivity contribution < 1.29 is 9.50 Å². The van der Waals surface area contributed by atoms with Crippen molar-refractivity contribution >= 4 is 45.0 Å². The molecule has 7 nitrogen and oxygen atoms in total. The van der Waals surface area contributed by atoms with Crippen LogP contribution in [0.3, 0.4) is 0 Å². The summed E-state index contributed by atoms with van der Waals surface area (Å²) in [6, 6.07) is 14.3. The van der Waals surface area contributed by atoms with E-state index in [1.807, 2.05) is 24.3 Å². The summed E-state index contributed by atoms with van der Waals surface area (Å²) in [5.74, 6) is 0.708. The van der Waals surface area contributed by atoms with E-state index in [0.29, 0.717) is 40.8 Å². The fourth-order valence-electron chi connectivity index (χ4n) is 6.71. The van der Waals surface area contributed by atoms with Crippen LogP contribution in [0, 0.1) is 5.82 Å². The van der Waals surface area contributed by atoms with Crippen molar-refractivity contribution in [3.8, 4) is 16.9 Å². The number of likely N-dealkylation sites (N-methyl/N-ethyl adjacent to an activating group) is 1. The van der Waals surface area contributed by atoms with Crippen LogP contribution in [0.25, 0.3) is 32.8 Å². The number of phenols is 1. The number of fused-ring (bicyclic) bond motifs is 4. The van der Waals surface area contributed by atoms with Crippen molar-refractivity contribution in [3.63, 3.8) is 0 Å². The van der Waals surface area contributed by atoms with Gasteiger partial charge >= 0.3 is 0 Å². The van der Waals surface area contributed by atoms with Crippen LogP contribution in [0.1, 0.15) is 32.1 Å². The smallest absolute Gasteiger partial charge is 0.228 e. The number of halogens is 2. The minimum atomic E-state index is -0.503. The molecule has 3 fully saturated rings. The van der Waals surface area contributed by atoms with E-state index < -0.39 is 5.82 Å². The molecule has 3 aliphatic heterocycles. The van der Waals surface area contributed by atoms with E-state index in [2.05, 4.69) is 34.5 Å². The molecule has 3 aromatic carbocycles. The van der Waals surface area contributed by atoms with Gasteiger partial charge in [-0.3, -0.25) is 0 Å². The number of hydrogen-bond acceptors (Lipinski definition) is 7. The maximum atomic E-state index is 16.7. The first-order chi connectivity index (χ1) is 19.3. The highest BCUT2D eigenvalue weighted by Crippen LogP contribution is 2.42. The summed E-state index contributed by atoms with van der Waals surface area (Å²) in [4.78, 5) is 14.0. The molecule has 0 aliphatic carbocycles. The average molecular weight is 561 g/mol. The SMILES string of the molecule is CN(C)C1CN(c2nc(NC3CC4CCC[C@@H](C3)N4)c3cc(Cl)c(-c4cc(O)cc5ccccc45)c(F)c3n2)C1. The first kappa shape index (κ1) is 25.7. The van der Waals surface area contributed by atoms with Crippen molar-refractivity contribution in [2.24, 2.45) is 0 Å². The Balaban J connectivity index is 1.36. The van der Waals surface area contributed by atoms with E-state index in [1.165, 1.54) is 19.3 Å². The van der Waals surface area contributed by atoms with Gasteiger partial charge in [0.1, 0.15) is 17.1 Å². The second kappa shape index (κ2) is 10.0. The van der Waals surface area contributed by atoms with Crippen molar-refractivity contribution in [3.05, 3.63) is 53.3 Å². The van der Waals surface area contributed by atoms with Crippen LogP contribution in [0.15, 0.2) is 42.5 Å². The molecule has 7 rings (SSSR count). The van der Waals surface area contributed by atoms with Gasteiger partial charge in [-0.2, -0.15) is 4.98 Å². The maximum Gasteiger partial charge on any atom is 0.228 e. The molecule has 4 heterocycles. The van der Waals surface area contributed by atoms with Gasteiger partial charge in [-0.25, -0.2) is 9.37 Å². The number of benzene rings is 3. The number of aromatic nitrogens is 2. The molecule has 2 bridgehead atoms.